The van der Waals surface area contributed by atoms with Gasteiger partial charge in [-0.2, -0.15) is 5.10 Å². The Morgan fingerprint density at radius 1 is 1.56 bits per heavy atom. The van der Waals surface area contributed by atoms with Gasteiger partial charge in [0.15, 0.2) is 0 Å². The van der Waals surface area contributed by atoms with Crippen molar-refractivity contribution in [3.63, 3.8) is 0 Å². The van der Waals surface area contributed by atoms with Gasteiger partial charge in [0.1, 0.15) is 6.61 Å². The summed E-state index contributed by atoms with van der Waals surface area (Å²) in [5, 5.41) is 7.00. The molecule has 0 bridgehead atoms. The minimum atomic E-state index is -0.123. The second-order valence-corrected chi connectivity index (χ2v) is 4.20. The van der Waals surface area contributed by atoms with Gasteiger partial charge in [0.2, 0.25) is 5.91 Å². The van der Waals surface area contributed by atoms with E-state index in [0.29, 0.717) is 19.8 Å². The van der Waals surface area contributed by atoms with Gasteiger partial charge in [0.05, 0.1) is 25.5 Å². The van der Waals surface area contributed by atoms with Crippen molar-refractivity contribution in [2.75, 3.05) is 33.5 Å². The van der Waals surface area contributed by atoms with Gasteiger partial charge in [-0.15, -0.1) is 0 Å². The van der Waals surface area contributed by atoms with Crippen molar-refractivity contribution in [2.24, 2.45) is 0 Å². The summed E-state index contributed by atoms with van der Waals surface area (Å²) in [6, 6.07) is 0.127. The van der Waals surface area contributed by atoms with Crippen LogP contribution in [0.4, 0.5) is 0 Å². The van der Waals surface area contributed by atoms with Gasteiger partial charge >= 0.3 is 0 Å². The fourth-order valence-corrected chi connectivity index (χ4v) is 1.39. The lowest BCUT2D eigenvalue weighted by Gasteiger charge is -2.13. The Morgan fingerprint density at radius 2 is 2.33 bits per heavy atom. The molecule has 6 heteroatoms. The Bertz CT molecular complexity index is 365. The summed E-state index contributed by atoms with van der Waals surface area (Å²) in [6.07, 6.45) is 3.75. The topological polar surface area (TPSA) is 65.4 Å². The summed E-state index contributed by atoms with van der Waals surface area (Å²) in [7, 11) is 1.59. The van der Waals surface area contributed by atoms with E-state index in [1.807, 2.05) is 24.7 Å². The largest absolute Gasteiger partial charge is 0.382 e. The molecule has 1 rings (SSSR count). The Morgan fingerprint density at radius 3 is 2.94 bits per heavy atom. The number of nitrogens with one attached hydrogen (secondary N) is 1. The summed E-state index contributed by atoms with van der Waals surface area (Å²) in [6.45, 7) is 5.51. The molecule has 0 saturated carbocycles. The van der Waals surface area contributed by atoms with E-state index in [-0.39, 0.29) is 18.6 Å². The number of carbonyl (C=O) groups is 1. The third kappa shape index (κ3) is 5.29. The molecule has 0 radical (unpaired) electrons. The highest BCUT2D eigenvalue weighted by Crippen LogP contribution is 2.04. The van der Waals surface area contributed by atoms with Crippen molar-refractivity contribution >= 4 is 5.91 Å². The van der Waals surface area contributed by atoms with Gasteiger partial charge in [0.25, 0.3) is 0 Å². The zero-order chi connectivity index (χ0) is 13.4. The highest BCUT2D eigenvalue weighted by molar-refractivity contribution is 5.77. The smallest absolute Gasteiger partial charge is 0.246 e. The molecule has 1 aromatic heterocycles. The summed E-state index contributed by atoms with van der Waals surface area (Å²) >= 11 is 0. The molecule has 0 aliphatic carbocycles. The number of nitrogens with zero attached hydrogens (tertiary/aromatic N) is 2. The van der Waals surface area contributed by atoms with Crippen LogP contribution in [0.25, 0.3) is 0 Å². The maximum Gasteiger partial charge on any atom is 0.246 e. The number of rotatable bonds is 8. The van der Waals surface area contributed by atoms with Crippen molar-refractivity contribution in [1.82, 2.24) is 15.1 Å². The molecule has 1 aromatic rings. The Kier molecular flexibility index (Phi) is 6.38. The van der Waals surface area contributed by atoms with E-state index in [4.69, 9.17) is 9.47 Å². The zero-order valence-electron chi connectivity index (χ0n) is 11.2. The van der Waals surface area contributed by atoms with Crippen LogP contribution in [0.5, 0.6) is 0 Å². The van der Waals surface area contributed by atoms with Gasteiger partial charge in [-0.25, -0.2) is 0 Å². The lowest BCUT2D eigenvalue weighted by atomic mass is 10.3. The Balaban J connectivity index is 2.18. The van der Waals surface area contributed by atoms with E-state index >= 15 is 0 Å². The van der Waals surface area contributed by atoms with Crippen LogP contribution in [-0.2, 0) is 14.3 Å². The average molecular weight is 255 g/mol. The van der Waals surface area contributed by atoms with Crippen LogP contribution >= 0.6 is 0 Å². The first-order valence-electron chi connectivity index (χ1n) is 5.97. The van der Waals surface area contributed by atoms with Crippen molar-refractivity contribution in [3.05, 3.63) is 18.0 Å². The van der Waals surface area contributed by atoms with E-state index in [1.165, 1.54) is 0 Å². The number of hydrogen-bond donors (Lipinski definition) is 1. The third-order valence-corrected chi connectivity index (χ3v) is 2.44. The van der Waals surface area contributed by atoms with Crippen LogP contribution in [0.15, 0.2) is 12.4 Å². The molecule has 0 spiro atoms. The number of carbonyl (C=O) groups excluding carboxylic acids is 1. The summed E-state index contributed by atoms with van der Waals surface area (Å²) in [4.78, 5) is 11.4. The molecule has 18 heavy (non-hydrogen) atoms. The molecule has 0 unspecified atom stereocenters. The number of methoxy groups -OCH3 is 1. The first-order valence-corrected chi connectivity index (χ1v) is 5.97. The van der Waals surface area contributed by atoms with Crippen LogP contribution in [0.3, 0.4) is 0 Å². The Hall–Kier alpha value is -1.40. The maximum atomic E-state index is 11.4. The van der Waals surface area contributed by atoms with Gasteiger partial charge in [-0.05, 0) is 19.4 Å². The molecule has 0 fully saturated rings. The van der Waals surface area contributed by atoms with Crippen LogP contribution in [0.2, 0.25) is 0 Å². The first kappa shape index (κ1) is 14.7. The van der Waals surface area contributed by atoms with Crippen molar-refractivity contribution in [3.8, 4) is 0 Å². The van der Waals surface area contributed by atoms with Crippen LogP contribution in [0, 0.1) is 6.92 Å². The summed E-state index contributed by atoms with van der Waals surface area (Å²) in [5.74, 6) is -0.123. The standard InChI is InChI=1S/C12H21N3O3/c1-10-6-14-15(8-10)11(2)7-13-12(16)9-18-5-4-17-3/h6,8,11H,4-5,7,9H2,1-3H3,(H,13,16)/t11-/m1/s1. The second-order valence-electron chi connectivity index (χ2n) is 4.20. The fourth-order valence-electron chi connectivity index (χ4n) is 1.39. The predicted octanol–water partition coefficient (Wildman–Crippen LogP) is 0.532. The lowest BCUT2D eigenvalue weighted by Crippen LogP contribution is -2.32. The minimum absolute atomic E-state index is 0.0637. The van der Waals surface area contributed by atoms with Crippen LogP contribution < -0.4 is 5.32 Å². The molecule has 1 amide bonds. The highest BCUT2D eigenvalue weighted by atomic mass is 16.5. The number of aryl methyl sites for hydroxylation is 1. The predicted molar refractivity (Wildman–Crippen MR) is 67.4 cm³/mol. The molecule has 6 nitrogen and oxygen atoms in total. The van der Waals surface area contributed by atoms with E-state index in [2.05, 4.69) is 10.4 Å². The molecule has 0 aliphatic rings. The second kappa shape index (κ2) is 7.84. The van der Waals surface area contributed by atoms with E-state index < -0.39 is 0 Å². The lowest BCUT2D eigenvalue weighted by molar-refractivity contribution is -0.126. The van der Waals surface area contributed by atoms with E-state index in [9.17, 15) is 4.79 Å². The number of ether oxygens (including phenoxy) is 2. The SMILES string of the molecule is COCCOCC(=O)NC[C@@H](C)n1cc(C)cn1. The molecule has 0 aliphatic heterocycles. The first-order chi connectivity index (χ1) is 8.63. The van der Waals surface area contributed by atoms with Crippen molar-refractivity contribution < 1.29 is 14.3 Å². The maximum absolute atomic E-state index is 11.4. The molecular formula is C12H21N3O3. The molecular weight excluding hydrogens is 234 g/mol. The van der Waals surface area contributed by atoms with Crippen molar-refractivity contribution in [2.45, 2.75) is 19.9 Å². The quantitative estimate of drug-likeness (QED) is 0.688. The van der Waals surface area contributed by atoms with Gasteiger partial charge in [0, 0.05) is 19.9 Å². The van der Waals surface area contributed by atoms with Gasteiger partial charge < -0.3 is 14.8 Å². The van der Waals surface area contributed by atoms with Gasteiger partial charge in [-0.1, -0.05) is 0 Å². The number of amides is 1. The molecule has 102 valence electrons. The van der Waals surface area contributed by atoms with Crippen LogP contribution in [0.1, 0.15) is 18.5 Å². The van der Waals surface area contributed by atoms with Gasteiger partial charge in [-0.3, -0.25) is 9.48 Å². The zero-order valence-corrected chi connectivity index (χ0v) is 11.2. The molecule has 0 aromatic carbocycles. The number of hydrogen-bond acceptors (Lipinski definition) is 4. The van der Waals surface area contributed by atoms with E-state index in [0.717, 1.165) is 5.56 Å². The average Bonchev–Trinajstić information content (AvgIpc) is 2.78. The molecule has 1 atom stereocenters. The monoisotopic (exact) mass is 255 g/mol. The normalized spacial score (nSPS) is 12.4. The van der Waals surface area contributed by atoms with Crippen molar-refractivity contribution in [1.29, 1.82) is 0 Å². The molecule has 1 heterocycles. The molecule has 1 N–H and O–H groups in total. The summed E-state index contributed by atoms with van der Waals surface area (Å²) < 4.78 is 11.8. The third-order valence-electron chi connectivity index (χ3n) is 2.44. The van der Waals surface area contributed by atoms with Crippen LogP contribution in [-0.4, -0.2) is 49.2 Å². The fraction of sp³-hybridized carbons (Fsp3) is 0.667. The molecule has 0 saturated heterocycles. The number of aromatic nitrogens is 2. The highest BCUT2D eigenvalue weighted by Gasteiger charge is 2.07. The minimum Gasteiger partial charge on any atom is -0.382 e. The van der Waals surface area contributed by atoms with E-state index in [1.54, 1.807) is 13.3 Å². The Labute approximate surface area is 107 Å². The summed E-state index contributed by atoms with van der Waals surface area (Å²) in [5.41, 5.74) is 1.11.